The summed E-state index contributed by atoms with van der Waals surface area (Å²) in [5.41, 5.74) is 7.16. The fourth-order valence-corrected chi connectivity index (χ4v) is 1.59. The number of hydrogen-bond acceptors (Lipinski definition) is 3. The normalized spacial score (nSPS) is 14.5. The van der Waals surface area contributed by atoms with Crippen LogP contribution in [-0.2, 0) is 4.74 Å². The van der Waals surface area contributed by atoms with Crippen LogP contribution in [0.15, 0.2) is 24.3 Å². The monoisotopic (exact) mass is 223 g/mol. The van der Waals surface area contributed by atoms with Crippen molar-refractivity contribution < 1.29 is 9.47 Å². The molecule has 0 aromatic heterocycles. The zero-order valence-electron chi connectivity index (χ0n) is 10.3. The molecule has 2 N–H and O–H groups in total. The summed E-state index contributed by atoms with van der Waals surface area (Å²) in [5, 5.41) is 0. The molecule has 3 nitrogen and oxygen atoms in total. The van der Waals surface area contributed by atoms with Crippen LogP contribution < -0.4 is 10.5 Å². The van der Waals surface area contributed by atoms with E-state index in [0.717, 1.165) is 11.3 Å². The SMILES string of the molecule is CCOc1ccc(C(N)C(C)OCC)cc1. The van der Waals surface area contributed by atoms with Gasteiger partial charge >= 0.3 is 0 Å². The van der Waals surface area contributed by atoms with Crippen LogP contribution in [0.5, 0.6) is 5.75 Å². The first kappa shape index (κ1) is 13.0. The van der Waals surface area contributed by atoms with Crippen LogP contribution in [0.1, 0.15) is 32.4 Å². The predicted octanol–water partition coefficient (Wildman–Crippen LogP) is 2.51. The lowest BCUT2D eigenvalue weighted by molar-refractivity contribution is 0.0574. The minimum absolute atomic E-state index is 0.0305. The summed E-state index contributed by atoms with van der Waals surface area (Å²) in [5.74, 6) is 0.877. The van der Waals surface area contributed by atoms with Gasteiger partial charge in [-0.05, 0) is 38.5 Å². The Morgan fingerprint density at radius 3 is 2.25 bits per heavy atom. The topological polar surface area (TPSA) is 44.5 Å². The molecule has 0 aliphatic heterocycles. The Labute approximate surface area is 97.6 Å². The molecule has 0 saturated heterocycles. The number of benzene rings is 1. The molecule has 1 aromatic rings. The van der Waals surface area contributed by atoms with Crippen molar-refractivity contribution in [2.24, 2.45) is 5.73 Å². The molecule has 0 spiro atoms. The first-order valence-corrected chi connectivity index (χ1v) is 5.79. The zero-order valence-corrected chi connectivity index (χ0v) is 10.3. The van der Waals surface area contributed by atoms with Gasteiger partial charge in [0.2, 0.25) is 0 Å². The average Bonchev–Trinajstić information content (AvgIpc) is 2.30. The largest absolute Gasteiger partial charge is 0.494 e. The molecule has 2 unspecified atom stereocenters. The molecule has 0 aliphatic rings. The van der Waals surface area contributed by atoms with Gasteiger partial charge in [0.15, 0.2) is 0 Å². The number of ether oxygens (including phenoxy) is 2. The van der Waals surface area contributed by atoms with Crippen molar-refractivity contribution in [2.75, 3.05) is 13.2 Å². The van der Waals surface area contributed by atoms with E-state index in [4.69, 9.17) is 15.2 Å². The molecule has 0 aliphatic carbocycles. The maximum absolute atomic E-state index is 6.08. The number of nitrogens with two attached hydrogens (primary N) is 1. The smallest absolute Gasteiger partial charge is 0.119 e. The van der Waals surface area contributed by atoms with Crippen LogP contribution in [-0.4, -0.2) is 19.3 Å². The molecule has 3 heteroatoms. The second-order valence-electron chi connectivity index (χ2n) is 3.69. The van der Waals surface area contributed by atoms with E-state index in [9.17, 15) is 0 Å². The van der Waals surface area contributed by atoms with Crippen LogP contribution in [0.4, 0.5) is 0 Å². The van der Waals surface area contributed by atoms with Gasteiger partial charge in [-0.15, -0.1) is 0 Å². The highest BCUT2D eigenvalue weighted by Gasteiger charge is 2.14. The Kier molecular flexibility index (Phi) is 5.29. The molecule has 0 saturated carbocycles. The van der Waals surface area contributed by atoms with E-state index in [1.165, 1.54) is 0 Å². The molecular weight excluding hydrogens is 202 g/mol. The Morgan fingerprint density at radius 2 is 1.75 bits per heavy atom. The third-order valence-electron chi connectivity index (χ3n) is 2.51. The zero-order chi connectivity index (χ0) is 12.0. The van der Waals surface area contributed by atoms with Gasteiger partial charge in [0.05, 0.1) is 18.8 Å². The maximum Gasteiger partial charge on any atom is 0.119 e. The lowest BCUT2D eigenvalue weighted by Crippen LogP contribution is -2.26. The van der Waals surface area contributed by atoms with Crippen molar-refractivity contribution in [3.63, 3.8) is 0 Å². The first-order chi connectivity index (χ1) is 7.69. The van der Waals surface area contributed by atoms with Crippen LogP contribution in [0, 0.1) is 0 Å². The average molecular weight is 223 g/mol. The van der Waals surface area contributed by atoms with Crippen LogP contribution in [0.25, 0.3) is 0 Å². The van der Waals surface area contributed by atoms with Gasteiger partial charge in [-0.1, -0.05) is 12.1 Å². The minimum atomic E-state index is -0.0874. The predicted molar refractivity (Wildman–Crippen MR) is 65.6 cm³/mol. The summed E-state index contributed by atoms with van der Waals surface area (Å²) < 4.78 is 10.9. The molecular formula is C13H21NO2. The summed E-state index contributed by atoms with van der Waals surface area (Å²) in [6, 6.07) is 7.78. The molecule has 90 valence electrons. The highest BCUT2D eigenvalue weighted by atomic mass is 16.5. The Bertz CT molecular complexity index is 297. The van der Waals surface area contributed by atoms with Crippen molar-refractivity contribution in [3.05, 3.63) is 29.8 Å². The van der Waals surface area contributed by atoms with E-state index in [2.05, 4.69) is 0 Å². The number of hydrogen-bond donors (Lipinski definition) is 1. The third-order valence-corrected chi connectivity index (χ3v) is 2.51. The molecule has 1 rings (SSSR count). The minimum Gasteiger partial charge on any atom is -0.494 e. The second-order valence-corrected chi connectivity index (χ2v) is 3.69. The highest BCUT2D eigenvalue weighted by Crippen LogP contribution is 2.20. The van der Waals surface area contributed by atoms with Gasteiger partial charge in [-0.25, -0.2) is 0 Å². The second kappa shape index (κ2) is 6.51. The Balaban J connectivity index is 2.65. The van der Waals surface area contributed by atoms with Crippen molar-refractivity contribution in [1.82, 2.24) is 0 Å². The van der Waals surface area contributed by atoms with Crippen LogP contribution in [0.3, 0.4) is 0 Å². The summed E-state index contributed by atoms with van der Waals surface area (Å²) in [4.78, 5) is 0. The Morgan fingerprint density at radius 1 is 1.12 bits per heavy atom. The van der Waals surface area contributed by atoms with E-state index in [1.54, 1.807) is 0 Å². The van der Waals surface area contributed by atoms with Gasteiger partial charge in [-0.3, -0.25) is 0 Å². The van der Waals surface area contributed by atoms with Gasteiger partial charge in [0, 0.05) is 6.61 Å². The van der Waals surface area contributed by atoms with Gasteiger partial charge < -0.3 is 15.2 Å². The van der Waals surface area contributed by atoms with E-state index < -0.39 is 0 Å². The molecule has 0 radical (unpaired) electrons. The van der Waals surface area contributed by atoms with Gasteiger partial charge in [-0.2, -0.15) is 0 Å². The molecule has 16 heavy (non-hydrogen) atoms. The molecule has 0 fully saturated rings. The van der Waals surface area contributed by atoms with Gasteiger partial charge in [0.25, 0.3) is 0 Å². The van der Waals surface area contributed by atoms with E-state index in [0.29, 0.717) is 13.2 Å². The third kappa shape index (κ3) is 3.51. The lowest BCUT2D eigenvalue weighted by atomic mass is 10.0. The summed E-state index contributed by atoms with van der Waals surface area (Å²) in [6.45, 7) is 7.30. The van der Waals surface area contributed by atoms with Crippen LogP contribution >= 0.6 is 0 Å². The summed E-state index contributed by atoms with van der Waals surface area (Å²) >= 11 is 0. The standard InChI is InChI=1S/C13H21NO2/c1-4-15-10(3)13(14)11-6-8-12(9-7-11)16-5-2/h6-10,13H,4-5,14H2,1-3H3. The highest BCUT2D eigenvalue weighted by molar-refractivity contribution is 5.29. The summed E-state index contributed by atoms with van der Waals surface area (Å²) in [7, 11) is 0. The molecule has 1 aromatic carbocycles. The van der Waals surface area contributed by atoms with Crippen molar-refractivity contribution >= 4 is 0 Å². The van der Waals surface area contributed by atoms with E-state index in [1.807, 2.05) is 45.0 Å². The Hall–Kier alpha value is -1.06. The molecule has 2 atom stereocenters. The lowest BCUT2D eigenvalue weighted by Gasteiger charge is -2.20. The summed E-state index contributed by atoms with van der Waals surface area (Å²) in [6.07, 6.45) is 0.0305. The van der Waals surface area contributed by atoms with E-state index >= 15 is 0 Å². The quantitative estimate of drug-likeness (QED) is 0.806. The molecule has 0 bridgehead atoms. The fraction of sp³-hybridized carbons (Fsp3) is 0.538. The van der Waals surface area contributed by atoms with Crippen molar-refractivity contribution in [1.29, 1.82) is 0 Å². The van der Waals surface area contributed by atoms with Crippen molar-refractivity contribution in [3.8, 4) is 5.75 Å². The maximum atomic E-state index is 6.08. The first-order valence-electron chi connectivity index (χ1n) is 5.79. The fourth-order valence-electron chi connectivity index (χ4n) is 1.59. The molecule has 0 amide bonds. The van der Waals surface area contributed by atoms with Crippen molar-refractivity contribution in [2.45, 2.75) is 32.9 Å². The van der Waals surface area contributed by atoms with Crippen LogP contribution in [0.2, 0.25) is 0 Å². The molecule has 0 heterocycles. The number of rotatable bonds is 6. The van der Waals surface area contributed by atoms with E-state index in [-0.39, 0.29) is 12.1 Å². The van der Waals surface area contributed by atoms with Gasteiger partial charge in [0.1, 0.15) is 5.75 Å².